The first-order chi connectivity index (χ1) is 9.81. The Morgan fingerprint density at radius 3 is 2.76 bits per heavy atom. The minimum atomic E-state index is -2.93. The van der Waals surface area contributed by atoms with Gasteiger partial charge >= 0.3 is 0 Å². The van der Waals surface area contributed by atoms with Gasteiger partial charge in [0.05, 0.1) is 23.5 Å². The van der Waals surface area contributed by atoms with Gasteiger partial charge in [-0.25, -0.2) is 18.4 Å². The minimum Gasteiger partial charge on any atom is -0.357 e. The molecular weight excluding hydrogens is 308 g/mol. The summed E-state index contributed by atoms with van der Waals surface area (Å²) in [6.07, 6.45) is 1.81. The molecule has 0 radical (unpaired) electrons. The Labute approximate surface area is 131 Å². The number of hydrogen-bond donors (Lipinski definition) is 2. The van der Waals surface area contributed by atoms with E-state index in [1.807, 2.05) is 26.3 Å². The predicted molar refractivity (Wildman–Crippen MR) is 88.6 cm³/mol. The number of nitrogens with one attached hydrogen (secondary N) is 2. The van der Waals surface area contributed by atoms with Gasteiger partial charge in [-0.15, -0.1) is 11.3 Å². The van der Waals surface area contributed by atoms with Gasteiger partial charge < -0.3 is 10.6 Å². The van der Waals surface area contributed by atoms with E-state index in [-0.39, 0.29) is 11.8 Å². The number of aliphatic imine (C=N–C) groups is 1. The van der Waals surface area contributed by atoms with Crippen molar-refractivity contribution in [1.29, 1.82) is 0 Å². The van der Waals surface area contributed by atoms with Crippen LogP contribution in [0.15, 0.2) is 10.5 Å². The van der Waals surface area contributed by atoms with Gasteiger partial charge in [-0.1, -0.05) is 0 Å². The molecule has 1 heterocycles. The molecule has 0 saturated heterocycles. The molecule has 0 aliphatic carbocycles. The fourth-order valence-electron chi connectivity index (χ4n) is 1.65. The van der Waals surface area contributed by atoms with Crippen molar-refractivity contribution >= 4 is 27.1 Å². The monoisotopic (exact) mass is 332 g/mol. The fraction of sp³-hybridized carbons (Fsp3) is 0.692. The summed E-state index contributed by atoms with van der Waals surface area (Å²) in [6.45, 7) is 7.25. The number of aromatic nitrogens is 1. The first-order valence-corrected chi connectivity index (χ1v) is 9.87. The molecule has 8 heteroatoms. The van der Waals surface area contributed by atoms with Crippen molar-refractivity contribution < 1.29 is 8.42 Å². The van der Waals surface area contributed by atoms with Crippen LogP contribution < -0.4 is 10.6 Å². The van der Waals surface area contributed by atoms with Crippen molar-refractivity contribution in [2.24, 2.45) is 4.99 Å². The SMILES string of the molecule is CCNC(=NCc1scnc1C)NC(C)CCS(C)(=O)=O. The molecule has 1 rings (SSSR count). The van der Waals surface area contributed by atoms with Crippen LogP contribution in [0.4, 0.5) is 0 Å². The van der Waals surface area contributed by atoms with Gasteiger partial charge in [0, 0.05) is 23.7 Å². The Bertz CT molecular complexity index is 566. The lowest BCUT2D eigenvalue weighted by Gasteiger charge is -2.17. The quantitative estimate of drug-likeness (QED) is 0.581. The molecule has 2 N–H and O–H groups in total. The van der Waals surface area contributed by atoms with Gasteiger partial charge in [0.15, 0.2) is 5.96 Å². The molecule has 21 heavy (non-hydrogen) atoms. The largest absolute Gasteiger partial charge is 0.357 e. The Hall–Kier alpha value is -1.15. The van der Waals surface area contributed by atoms with E-state index in [1.165, 1.54) is 6.26 Å². The highest BCUT2D eigenvalue weighted by atomic mass is 32.2. The Kier molecular flexibility index (Phi) is 7.10. The highest BCUT2D eigenvalue weighted by Crippen LogP contribution is 2.12. The van der Waals surface area contributed by atoms with E-state index in [1.54, 1.807) is 11.3 Å². The van der Waals surface area contributed by atoms with Gasteiger partial charge in [0.2, 0.25) is 0 Å². The molecule has 1 aromatic heterocycles. The lowest BCUT2D eigenvalue weighted by Crippen LogP contribution is -2.42. The summed E-state index contributed by atoms with van der Waals surface area (Å²) in [5.41, 5.74) is 2.82. The second-order valence-corrected chi connectivity index (χ2v) is 8.22. The van der Waals surface area contributed by atoms with E-state index in [2.05, 4.69) is 20.6 Å². The van der Waals surface area contributed by atoms with Gasteiger partial charge in [-0.05, 0) is 27.2 Å². The van der Waals surface area contributed by atoms with E-state index >= 15 is 0 Å². The van der Waals surface area contributed by atoms with Crippen LogP contribution in [0, 0.1) is 6.92 Å². The van der Waals surface area contributed by atoms with Gasteiger partial charge in [-0.3, -0.25) is 0 Å². The third-order valence-corrected chi connectivity index (χ3v) is 4.77. The molecule has 0 aliphatic heterocycles. The summed E-state index contributed by atoms with van der Waals surface area (Å²) in [6, 6.07) is 0.0417. The van der Waals surface area contributed by atoms with E-state index in [0.29, 0.717) is 18.9 Å². The number of rotatable bonds is 7. The standard InChI is InChI=1S/C13H24N4O2S2/c1-5-14-13(15-8-12-11(3)16-9-20-12)17-10(2)6-7-21(4,18)19/h9-10H,5-8H2,1-4H3,(H2,14,15,17). The van der Waals surface area contributed by atoms with Crippen LogP contribution in [0.1, 0.15) is 30.8 Å². The van der Waals surface area contributed by atoms with Gasteiger partial charge in [0.25, 0.3) is 0 Å². The molecule has 0 spiro atoms. The molecule has 1 unspecified atom stereocenters. The van der Waals surface area contributed by atoms with Crippen molar-refractivity contribution in [2.75, 3.05) is 18.6 Å². The summed E-state index contributed by atoms with van der Waals surface area (Å²) in [7, 11) is -2.93. The normalized spacial score (nSPS) is 14.0. The topological polar surface area (TPSA) is 83.4 Å². The zero-order valence-electron chi connectivity index (χ0n) is 13.0. The minimum absolute atomic E-state index is 0.0417. The Morgan fingerprint density at radius 2 is 2.24 bits per heavy atom. The van der Waals surface area contributed by atoms with E-state index in [4.69, 9.17) is 0 Å². The van der Waals surface area contributed by atoms with Crippen LogP contribution in [0.3, 0.4) is 0 Å². The lowest BCUT2D eigenvalue weighted by molar-refractivity contribution is 0.581. The first-order valence-electron chi connectivity index (χ1n) is 6.93. The van der Waals surface area contributed by atoms with Crippen molar-refractivity contribution in [1.82, 2.24) is 15.6 Å². The summed E-state index contributed by atoms with van der Waals surface area (Å²) in [4.78, 5) is 9.85. The average Bonchev–Trinajstić information content (AvgIpc) is 2.79. The summed E-state index contributed by atoms with van der Waals surface area (Å²) in [5, 5.41) is 6.40. The summed E-state index contributed by atoms with van der Waals surface area (Å²) < 4.78 is 22.4. The van der Waals surface area contributed by atoms with Crippen molar-refractivity contribution in [3.05, 3.63) is 16.1 Å². The van der Waals surface area contributed by atoms with Crippen LogP contribution in [0.25, 0.3) is 0 Å². The third kappa shape index (κ3) is 7.42. The number of sulfone groups is 1. The van der Waals surface area contributed by atoms with E-state index in [0.717, 1.165) is 17.1 Å². The van der Waals surface area contributed by atoms with Crippen LogP contribution in [0.5, 0.6) is 0 Å². The number of guanidine groups is 1. The third-order valence-electron chi connectivity index (χ3n) is 2.87. The smallest absolute Gasteiger partial charge is 0.191 e. The molecule has 0 aliphatic rings. The van der Waals surface area contributed by atoms with Crippen molar-refractivity contribution in [2.45, 2.75) is 39.8 Å². The van der Waals surface area contributed by atoms with Crippen LogP contribution >= 0.6 is 11.3 Å². The molecule has 120 valence electrons. The maximum atomic E-state index is 11.2. The molecule has 0 amide bonds. The highest BCUT2D eigenvalue weighted by Gasteiger charge is 2.09. The molecule has 1 aromatic rings. The molecule has 1 atom stereocenters. The second-order valence-electron chi connectivity index (χ2n) is 5.02. The molecule has 6 nitrogen and oxygen atoms in total. The summed E-state index contributed by atoms with van der Waals surface area (Å²) >= 11 is 1.59. The highest BCUT2D eigenvalue weighted by molar-refractivity contribution is 7.90. The molecule has 0 aromatic carbocycles. The predicted octanol–water partition coefficient (Wildman–Crippen LogP) is 1.33. The fourth-order valence-corrected chi connectivity index (χ4v) is 3.13. The molecular formula is C13H24N4O2S2. The maximum absolute atomic E-state index is 11.2. The Balaban J connectivity index is 2.58. The maximum Gasteiger partial charge on any atom is 0.191 e. The summed E-state index contributed by atoms with van der Waals surface area (Å²) in [5.74, 6) is 0.875. The number of hydrogen-bond acceptors (Lipinski definition) is 5. The zero-order chi connectivity index (χ0) is 15.9. The average molecular weight is 332 g/mol. The van der Waals surface area contributed by atoms with Crippen LogP contribution in [-0.4, -0.2) is 44.0 Å². The van der Waals surface area contributed by atoms with E-state index in [9.17, 15) is 8.42 Å². The number of aryl methyl sites for hydroxylation is 1. The second kappa shape index (κ2) is 8.33. The van der Waals surface area contributed by atoms with Gasteiger partial charge in [-0.2, -0.15) is 0 Å². The first kappa shape index (κ1) is 17.9. The van der Waals surface area contributed by atoms with Crippen molar-refractivity contribution in [3.63, 3.8) is 0 Å². The van der Waals surface area contributed by atoms with Crippen LogP contribution in [-0.2, 0) is 16.4 Å². The van der Waals surface area contributed by atoms with E-state index < -0.39 is 9.84 Å². The van der Waals surface area contributed by atoms with Crippen molar-refractivity contribution in [3.8, 4) is 0 Å². The molecule has 0 fully saturated rings. The lowest BCUT2D eigenvalue weighted by atomic mass is 10.3. The molecule has 0 saturated carbocycles. The number of nitrogens with zero attached hydrogens (tertiary/aromatic N) is 2. The zero-order valence-corrected chi connectivity index (χ0v) is 14.6. The van der Waals surface area contributed by atoms with Gasteiger partial charge in [0.1, 0.15) is 9.84 Å². The van der Waals surface area contributed by atoms with Crippen LogP contribution in [0.2, 0.25) is 0 Å². The Morgan fingerprint density at radius 1 is 1.52 bits per heavy atom. The number of thiazole rings is 1. The molecule has 0 bridgehead atoms.